The topological polar surface area (TPSA) is 87.7 Å². The summed E-state index contributed by atoms with van der Waals surface area (Å²) in [6.07, 6.45) is 2.63. The lowest BCUT2D eigenvalue weighted by Crippen LogP contribution is -2.49. The van der Waals surface area contributed by atoms with Crippen LogP contribution in [0.1, 0.15) is 32.3 Å². The molecule has 29 heavy (non-hydrogen) atoms. The number of rotatable bonds is 11. The van der Waals surface area contributed by atoms with Crippen molar-refractivity contribution in [2.24, 2.45) is 5.92 Å². The van der Waals surface area contributed by atoms with Crippen LogP contribution in [0.4, 0.5) is 0 Å². The molecule has 0 bridgehead atoms. The number of ether oxygens (including phenoxy) is 1. The van der Waals surface area contributed by atoms with E-state index in [0.29, 0.717) is 12.5 Å². The van der Waals surface area contributed by atoms with E-state index in [9.17, 15) is 13.2 Å². The molecule has 0 saturated carbocycles. The number of benzene rings is 1. The molecular formula is C21H33N3O4S. The van der Waals surface area contributed by atoms with Gasteiger partial charge in [0.05, 0.1) is 13.2 Å². The largest absolute Gasteiger partial charge is 0.379 e. The van der Waals surface area contributed by atoms with Crippen molar-refractivity contribution in [2.45, 2.75) is 32.7 Å². The van der Waals surface area contributed by atoms with E-state index in [0.717, 1.165) is 43.7 Å². The molecule has 0 spiro atoms. The first kappa shape index (κ1) is 23.5. The quantitative estimate of drug-likeness (QED) is 0.567. The number of hydrogen-bond acceptors (Lipinski definition) is 5. The summed E-state index contributed by atoms with van der Waals surface area (Å²) < 4.78 is 31.9. The molecule has 2 N–H and O–H groups in total. The van der Waals surface area contributed by atoms with Crippen LogP contribution in [-0.4, -0.2) is 64.7 Å². The molecule has 1 aliphatic heterocycles. The standard InChI is InChI=1S/C21H33N3O4S/c1-18(2)16-20(24-11-13-28-14-12-24)17-22-21(25)8-10-23-29(26,27)15-9-19-6-4-3-5-7-19/h3-7,9,15,18,20,23H,8,10-14,16-17H2,1-2H3,(H,22,25)/b15-9+. The van der Waals surface area contributed by atoms with Gasteiger partial charge in [-0.05, 0) is 24.0 Å². The number of carbonyl (C=O) groups is 1. The van der Waals surface area contributed by atoms with E-state index >= 15 is 0 Å². The van der Waals surface area contributed by atoms with E-state index in [2.05, 4.69) is 28.8 Å². The van der Waals surface area contributed by atoms with Gasteiger partial charge in [-0.2, -0.15) is 0 Å². The summed E-state index contributed by atoms with van der Waals surface area (Å²) in [5.74, 6) is 0.379. The number of morpholine rings is 1. The van der Waals surface area contributed by atoms with Crippen LogP contribution in [0, 0.1) is 5.92 Å². The molecule has 1 saturated heterocycles. The Morgan fingerprint density at radius 3 is 2.55 bits per heavy atom. The third-order valence-corrected chi connectivity index (χ3v) is 5.84. The maximum absolute atomic E-state index is 12.2. The first-order valence-corrected chi connectivity index (χ1v) is 11.7. The molecule has 1 fully saturated rings. The molecule has 0 aromatic heterocycles. The Labute approximate surface area is 174 Å². The van der Waals surface area contributed by atoms with Crippen molar-refractivity contribution in [1.29, 1.82) is 0 Å². The van der Waals surface area contributed by atoms with Gasteiger partial charge < -0.3 is 10.1 Å². The number of sulfonamides is 1. The van der Waals surface area contributed by atoms with Crippen LogP contribution in [0.3, 0.4) is 0 Å². The van der Waals surface area contributed by atoms with Crippen molar-refractivity contribution in [3.8, 4) is 0 Å². The number of amides is 1. The minimum Gasteiger partial charge on any atom is -0.379 e. The van der Waals surface area contributed by atoms with Gasteiger partial charge in [0, 0.05) is 44.0 Å². The summed E-state index contributed by atoms with van der Waals surface area (Å²) in [5, 5.41) is 4.08. The van der Waals surface area contributed by atoms with E-state index in [4.69, 9.17) is 4.74 Å². The Hall–Kier alpha value is -1.74. The lowest BCUT2D eigenvalue weighted by molar-refractivity contribution is -0.121. The monoisotopic (exact) mass is 423 g/mol. The van der Waals surface area contributed by atoms with E-state index in [1.165, 1.54) is 6.08 Å². The third-order valence-electron chi connectivity index (χ3n) is 4.73. The predicted molar refractivity (Wildman–Crippen MR) is 116 cm³/mol. The van der Waals surface area contributed by atoms with Gasteiger partial charge >= 0.3 is 0 Å². The van der Waals surface area contributed by atoms with Crippen molar-refractivity contribution in [3.63, 3.8) is 0 Å². The summed E-state index contributed by atoms with van der Waals surface area (Å²) in [6.45, 7) is 8.18. The summed E-state index contributed by atoms with van der Waals surface area (Å²) in [6, 6.07) is 9.46. The van der Waals surface area contributed by atoms with E-state index in [-0.39, 0.29) is 24.9 Å². The first-order chi connectivity index (χ1) is 13.9. The summed E-state index contributed by atoms with van der Waals surface area (Å²) in [4.78, 5) is 14.5. The van der Waals surface area contributed by atoms with Crippen molar-refractivity contribution in [3.05, 3.63) is 41.3 Å². The zero-order chi connectivity index (χ0) is 21.1. The Bertz CT molecular complexity index is 744. The highest BCUT2D eigenvalue weighted by atomic mass is 32.2. The van der Waals surface area contributed by atoms with E-state index < -0.39 is 10.0 Å². The summed E-state index contributed by atoms with van der Waals surface area (Å²) in [7, 11) is -3.57. The molecule has 1 unspecified atom stereocenters. The molecule has 0 aliphatic carbocycles. The van der Waals surface area contributed by atoms with Gasteiger partial charge in [0.25, 0.3) is 0 Å². The number of nitrogens with zero attached hydrogens (tertiary/aromatic N) is 1. The van der Waals surface area contributed by atoms with Crippen LogP contribution >= 0.6 is 0 Å². The molecule has 1 aromatic rings. The second-order valence-corrected chi connectivity index (χ2v) is 9.29. The highest BCUT2D eigenvalue weighted by molar-refractivity contribution is 7.92. The SMILES string of the molecule is CC(C)CC(CNC(=O)CCNS(=O)(=O)/C=C/c1ccccc1)N1CCOCC1. The fourth-order valence-electron chi connectivity index (χ4n) is 3.26. The van der Waals surface area contributed by atoms with Crippen LogP contribution in [0.15, 0.2) is 35.7 Å². The Morgan fingerprint density at radius 1 is 1.21 bits per heavy atom. The van der Waals surface area contributed by atoms with Crippen LogP contribution < -0.4 is 10.0 Å². The predicted octanol–water partition coefficient (Wildman–Crippen LogP) is 1.83. The molecular weight excluding hydrogens is 390 g/mol. The summed E-state index contributed by atoms with van der Waals surface area (Å²) >= 11 is 0. The summed E-state index contributed by atoms with van der Waals surface area (Å²) in [5.41, 5.74) is 0.801. The molecule has 1 aliphatic rings. The molecule has 0 radical (unpaired) electrons. The van der Waals surface area contributed by atoms with Gasteiger partial charge in [0.1, 0.15) is 0 Å². The van der Waals surface area contributed by atoms with Gasteiger partial charge in [-0.1, -0.05) is 44.2 Å². The molecule has 7 nitrogen and oxygen atoms in total. The van der Waals surface area contributed by atoms with Crippen molar-refractivity contribution < 1.29 is 17.9 Å². The minimum absolute atomic E-state index is 0.0691. The van der Waals surface area contributed by atoms with Gasteiger partial charge in [0.15, 0.2) is 0 Å². The Balaban J connectivity index is 1.74. The number of nitrogens with one attached hydrogen (secondary N) is 2. The molecule has 1 heterocycles. The van der Waals surface area contributed by atoms with Gasteiger partial charge in [-0.15, -0.1) is 0 Å². The van der Waals surface area contributed by atoms with Gasteiger partial charge in [0.2, 0.25) is 15.9 Å². The zero-order valence-corrected chi connectivity index (χ0v) is 18.2. The zero-order valence-electron chi connectivity index (χ0n) is 17.3. The smallest absolute Gasteiger partial charge is 0.233 e. The van der Waals surface area contributed by atoms with Crippen molar-refractivity contribution >= 4 is 22.0 Å². The van der Waals surface area contributed by atoms with Crippen LogP contribution in [-0.2, 0) is 19.6 Å². The molecule has 1 aromatic carbocycles. The van der Waals surface area contributed by atoms with Gasteiger partial charge in [-0.25, -0.2) is 13.1 Å². The fourth-order valence-corrected chi connectivity index (χ4v) is 4.07. The van der Waals surface area contributed by atoms with Crippen LogP contribution in [0.25, 0.3) is 6.08 Å². The maximum atomic E-state index is 12.2. The fraction of sp³-hybridized carbons (Fsp3) is 0.571. The van der Waals surface area contributed by atoms with Gasteiger partial charge in [-0.3, -0.25) is 9.69 Å². The number of hydrogen-bond donors (Lipinski definition) is 2. The molecule has 8 heteroatoms. The van der Waals surface area contributed by atoms with Crippen molar-refractivity contribution in [1.82, 2.24) is 14.9 Å². The second-order valence-electron chi connectivity index (χ2n) is 7.64. The first-order valence-electron chi connectivity index (χ1n) is 10.2. The molecule has 162 valence electrons. The molecule has 1 amide bonds. The second kappa shape index (κ2) is 12.1. The normalized spacial score (nSPS) is 16.9. The van der Waals surface area contributed by atoms with E-state index in [1.807, 2.05) is 30.3 Å². The van der Waals surface area contributed by atoms with Crippen LogP contribution in [0.5, 0.6) is 0 Å². The average Bonchev–Trinajstić information content (AvgIpc) is 2.71. The maximum Gasteiger partial charge on any atom is 0.233 e. The molecule has 1 atom stereocenters. The number of carbonyl (C=O) groups excluding carboxylic acids is 1. The Kier molecular flexibility index (Phi) is 9.80. The highest BCUT2D eigenvalue weighted by Gasteiger charge is 2.22. The van der Waals surface area contributed by atoms with Crippen molar-refractivity contribution in [2.75, 3.05) is 39.4 Å². The highest BCUT2D eigenvalue weighted by Crippen LogP contribution is 2.13. The third kappa shape index (κ3) is 9.54. The lowest BCUT2D eigenvalue weighted by atomic mass is 10.0. The Morgan fingerprint density at radius 2 is 1.90 bits per heavy atom. The lowest BCUT2D eigenvalue weighted by Gasteiger charge is -2.35. The van der Waals surface area contributed by atoms with E-state index in [1.54, 1.807) is 0 Å². The average molecular weight is 424 g/mol. The minimum atomic E-state index is -3.57. The van der Waals surface area contributed by atoms with Crippen LogP contribution in [0.2, 0.25) is 0 Å². The molecule has 2 rings (SSSR count).